The summed E-state index contributed by atoms with van der Waals surface area (Å²) in [5.74, 6) is -0.287. The number of pyridine rings is 1. The molecule has 1 saturated heterocycles. The van der Waals surface area contributed by atoms with Crippen molar-refractivity contribution in [2.45, 2.75) is 25.9 Å². The Morgan fingerprint density at radius 2 is 2.24 bits per heavy atom. The predicted molar refractivity (Wildman–Crippen MR) is 62.0 cm³/mol. The van der Waals surface area contributed by atoms with Crippen molar-refractivity contribution < 1.29 is 9.59 Å². The van der Waals surface area contributed by atoms with Crippen molar-refractivity contribution in [3.63, 3.8) is 0 Å². The van der Waals surface area contributed by atoms with E-state index in [2.05, 4.69) is 10.3 Å². The molecular weight excluding hydrogens is 218 g/mol. The molecule has 2 amide bonds. The van der Waals surface area contributed by atoms with Crippen molar-refractivity contribution in [2.24, 2.45) is 0 Å². The average Bonchev–Trinajstić information content (AvgIpc) is 2.56. The number of hydrogen-bond donors (Lipinski definition) is 1. The van der Waals surface area contributed by atoms with Gasteiger partial charge in [0.1, 0.15) is 0 Å². The van der Waals surface area contributed by atoms with Gasteiger partial charge in [-0.15, -0.1) is 0 Å². The summed E-state index contributed by atoms with van der Waals surface area (Å²) in [6.45, 7) is 2.47. The van der Waals surface area contributed by atoms with Crippen LogP contribution in [-0.2, 0) is 16.1 Å². The number of carbonyl (C=O) groups is 2. The van der Waals surface area contributed by atoms with Gasteiger partial charge >= 0.3 is 0 Å². The number of nitrogens with one attached hydrogen (secondary N) is 1. The van der Waals surface area contributed by atoms with Crippen molar-refractivity contribution >= 4 is 11.8 Å². The Hall–Kier alpha value is -1.75. The Morgan fingerprint density at radius 1 is 1.47 bits per heavy atom. The first-order valence-electron chi connectivity index (χ1n) is 5.53. The molecule has 0 aliphatic carbocycles. The van der Waals surface area contributed by atoms with Crippen LogP contribution in [0.15, 0.2) is 18.3 Å². The highest BCUT2D eigenvalue weighted by Crippen LogP contribution is 2.11. The minimum atomic E-state index is -0.395. The van der Waals surface area contributed by atoms with E-state index in [1.807, 2.05) is 19.1 Å². The molecule has 2 heterocycles. The number of nitrogens with zero attached hydrogens (tertiary/aromatic N) is 2. The normalized spacial score (nSPS) is 20.1. The zero-order valence-electron chi connectivity index (χ0n) is 9.93. The number of imide groups is 1. The van der Waals surface area contributed by atoms with E-state index in [9.17, 15) is 9.59 Å². The number of aromatic nitrogens is 1. The molecule has 1 aromatic heterocycles. The van der Waals surface area contributed by atoms with Gasteiger partial charge in [-0.3, -0.25) is 19.5 Å². The van der Waals surface area contributed by atoms with Crippen molar-refractivity contribution in [3.8, 4) is 0 Å². The number of likely N-dealkylation sites (N-methyl/N-ethyl adjacent to an activating group) is 1. The second-order valence-corrected chi connectivity index (χ2v) is 4.24. The highest BCUT2D eigenvalue weighted by molar-refractivity contribution is 6.05. The molecule has 1 aliphatic rings. The fraction of sp³-hybridized carbons (Fsp3) is 0.417. The molecule has 1 fully saturated rings. The standard InChI is InChI=1S/C12H15N3O2/c1-8-3-4-9(6-13-8)7-14-10-5-11(16)15(2)12(10)17/h3-4,6,10,14H,5,7H2,1-2H3. The molecule has 90 valence electrons. The largest absolute Gasteiger partial charge is 0.301 e. The molecule has 5 heteroatoms. The summed E-state index contributed by atoms with van der Waals surface area (Å²) in [6.07, 6.45) is 2.02. The lowest BCUT2D eigenvalue weighted by atomic mass is 10.2. The Bertz CT molecular complexity index is 442. The summed E-state index contributed by atoms with van der Waals surface area (Å²) in [7, 11) is 1.51. The monoisotopic (exact) mass is 233 g/mol. The van der Waals surface area contributed by atoms with Crippen LogP contribution in [0.25, 0.3) is 0 Å². The Kier molecular flexibility index (Phi) is 3.19. The van der Waals surface area contributed by atoms with Crippen molar-refractivity contribution in [3.05, 3.63) is 29.6 Å². The van der Waals surface area contributed by atoms with Gasteiger partial charge < -0.3 is 5.32 Å². The van der Waals surface area contributed by atoms with Gasteiger partial charge in [-0.1, -0.05) is 6.07 Å². The summed E-state index contributed by atoms with van der Waals surface area (Å²) in [4.78, 5) is 28.3. The van der Waals surface area contributed by atoms with Crippen LogP contribution in [0.3, 0.4) is 0 Å². The lowest BCUT2D eigenvalue weighted by Gasteiger charge is -2.10. The molecule has 1 atom stereocenters. The quantitative estimate of drug-likeness (QED) is 0.759. The van der Waals surface area contributed by atoms with Gasteiger partial charge in [-0.25, -0.2) is 0 Å². The van der Waals surface area contributed by atoms with Gasteiger partial charge in [-0.05, 0) is 18.6 Å². The van der Waals surface area contributed by atoms with Crippen molar-refractivity contribution in [1.29, 1.82) is 0 Å². The minimum Gasteiger partial charge on any atom is -0.301 e. The third-order valence-electron chi connectivity index (χ3n) is 2.91. The van der Waals surface area contributed by atoms with Crippen LogP contribution in [0.2, 0.25) is 0 Å². The van der Waals surface area contributed by atoms with E-state index < -0.39 is 6.04 Å². The minimum absolute atomic E-state index is 0.130. The van der Waals surface area contributed by atoms with E-state index in [-0.39, 0.29) is 18.2 Å². The summed E-state index contributed by atoms with van der Waals surface area (Å²) < 4.78 is 0. The zero-order valence-corrected chi connectivity index (χ0v) is 9.93. The molecule has 17 heavy (non-hydrogen) atoms. The van der Waals surface area contributed by atoms with E-state index in [4.69, 9.17) is 0 Å². The summed E-state index contributed by atoms with van der Waals surface area (Å²) >= 11 is 0. The van der Waals surface area contributed by atoms with Gasteiger partial charge in [0, 0.05) is 25.5 Å². The lowest BCUT2D eigenvalue weighted by molar-refractivity contribution is -0.137. The second kappa shape index (κ2) is 4.63. The first kappa shape index (κ1) is 11.7. The van der Waals surface area contributed by atoms with Gasteiger partial charge in [-0.2, -0.15) is 0 Å². The third-order valence-corrected chi connectivity index (χ3v) is 2.91. The van der Waals surface area contributed by atoms with Crippen molar-refractivity contribution in [1.82, 2.24) is 15.2 Å². The fourth-order valence-electron chi connectivity index (χ4n) is 1.76. The van der Waals surface area contributed by atoms with E-state index in [0.29, 0.717) is 6.54 Å². The topological polar surface area (TPSA) is 62.3 Å². The second-order valence-electron chi connectivity index (χ2n) is 4.24. The molecule has 0 radical (unpaired) electrons. The lowest BCUT2D eigenvalue weighted by Crippen LogP contribution is -2.36. The van der Waals surface area contributed by atoms with Crippen LogP contribution in [-0.4, -0.2) is 34.8 Å². The number of rotatable bonds is 3. The molecule has 5 nitrogen and oxygen atoms in total. The molecule has 1 aliphatic heterocycles. The van der Waals surface area contributed by atoms with E-state index in [1.54, 1.807) is 6.20 Å². The van der Waals surface area contributed by atoms with Gasteiger partial charge in [0.05, 0.1) is 12.5 Å². The van der Waals surface area contributed by atoms with Crippen LogP contribution in [0.1, 0.15) is 17.7 Å². The van der Waals surface area contributed by atoms with Crippen LogP contribution >= 0.6 is 0 Å². The number of hydrogen-bond acceptors (Lipinski definition) is 4. The Balaban J connectivity index is 1.93. The SMILES string of the molecule is Cc1ccc(CNC2CC(=O)N(C)C2=O)cn1. The Labute approximate surface area is 99.8 Å². The molecule has 2 rings (SSSR count). The van der Waals surface area contributed by atoms with E-state index >= 15 is 0 Å². The number of amides is 2. The van der Waals surface area contributed by atoms with Gasteiger partial charge in [0.25, 0.3) is 0 Å². The molecule has 1 aromatic rings. The fourth-order valence-corrected chi connectivity index (χ4v) is 1.76. The number of likely N-dealkylation sites (tertiary alicyclic amines) is 1. The third kappa shape index (κ3) is 2.50. The first-order chi connectivity index (χ1) is 8.08. The van der Waals surface area contributed by atoms with Crippen LogP contribution in [0.5, 0.6) is 0 Å². The average molecular weight is 233 g/mol. The maximum atomic E-state index is 11.6. The molecule has 0 bridgehead atoms. The summed E-state index contributed by atoms with van der Waals surface area (Å²) in [6, 6.07) is 3.49. The summed E-state index contributed by atoms with van der Waals surface area (Å²) in [5, 5.41) is 3.08. The molecule has 1 N–H and O–H groups in total. The van der Waals surface area contributed by atoms with Gasteiger partial charge in [0.15, 0.2) is 0 Å². The number of aryl methyl sites for hydroxylation is 1. The highest BCUT2D eigenvalue weighted by atomic mass is 16.2. The van der Waals surface area contributed by atoms with Crippen LogP contribution < -0.4 is 5.32 Å². The van der Waals surface area contributed by atoms with Crippen LogP contribution in [0, 0.1) is 6.92 Å². The molecule has 0 saturated carbocycles. The van der Waals surface area contributed by atoms with Gasteiger partial charge in [0.2, 0.25) is 11.8 Å². The molecule has 0 aromatic carbocycles. The zero-order chi connectivity index (χ0) is 12.4. The number of carbonyl (C=O) groups excluding carboxylic acids is 2. The maximum Gasteiger partial charge on any atom is 0.246 e. The first-order valence-corrected chi connectivity index (χ1v) is 5.53. The van der Waals surface area contributed by atoms with E-state index in [1.165, 1.54) is 11.9 Å². The Morgan fingerprint density at radius 3 is 2.76 bits per heavy atom. The highest BCUT2D eigenvalue weighted by Gasteiger charge is 2.35. The smallest absolute Gasteiger partial charge is 0.246 e. The van der Waals surface area contributed by atoms with E-state index in [0.717, 1.165) is 11.3 Å². The van der Waals surface area contributed by atoms with Crippen molar-refractivity contribution in [2.75, 3.05) is 7.05 Å². The molecular formula is C12H15N3O2. The van der Waals surface area contributed by atoms with Crippen LogP contribution in [0.4, 0.5) is 0 Å². The predicted octanol–water partition coefficient (Wildman–Crippen LogP) is 0.237. The molecule has 1 unspecified atom stereocenters. The summed E-state index contributed by atoms with van der Waals surface area (Å²) in [5.41, 5.74) is 1.96. The molecule has 0 spiro atoms. The maximum absolute atomic E-state index is 11.6.